The number of pyridine rings is 1. The minimum atomic E-state index is -0.437. The molecular weight excluding hydrogens is 194 g/mol. The van der Waals surface area contributed by atoms with Gasteiger partial charge in [-0.05, 0) is 26.0 Å². The normalized spacial score (nSPS) is 10.5. The number of nitrogens with zero attached hydrogens (tertiary/aromatic N) is 1. The number of carbonyl (C=O) groups excluding carboxylic acids is 1. The van der Waals surface area contributed by atoms with Crippen molar-refractivity contribution in [2.45, 2.75) is 13.8 Å². The van der Waals surface area contributed by atoms with Crippen molar-refractivity contribution in [3.63, 3.8) is 0 Å². The van der Waals surface area contributed by atoms with Crippen molar-refractivity contribution >= 4 is 17.1 Å². The molecule has 0 aliphatic heterocycles. The van der Waals surface area contributed by atoms with Gasteiger partial charge in [0.1, 0.15) is 5.52 Å². The third-order valence-electron chi connectivity index (χ3n) is 2.14. The van der Waals surface area contributed by atoms with Crippen LogP contribution in [0, 0.1) is 6.92 Å². The molecular formula is C11H11NO3. The maximum atomic E-state index is 11.5. The fourth-order valence-electron chi connectivity index (χ4n) is 1.44. The van der Waals surface area contributed by atoms with Gasteiger partial charge in [0.15, 0.2) is 5.58 Å². The lowest BCUT2D eigenvalue weighted by atomic mass is 10.2. The molecule has 0 atom stereocenters. The first kappa shape index (κ1) is 9.71. The molecule has 2 rings (SSSR count). The van der Waals surface area contributed by atoms with Crippen LogP contribution in [0.15, 0.2) is 22.7 Å². The summed E-state index contributed by atoms with van der Waals surface area (Å²) < 4.78 is 10.3. The van der Waals surface area contributed by atoms with Crippen LogP contribution in [0.3, 0.4) is 0 Å². The van der Waals surface area contributed by atoms with E-state index in [2.05, 4.69) is 4.98 Å². The number of ether oxygens (including phenoxy) is 1. The van der Waals surface area contributed by atoms with Gasteiger partial charge < -0.3 is 9.15 Å². The SMILES string of the molecule is CCOC(=O)c1oc2cccnc2c1C. The molecule has 4 heteroatoms. The number of esters is 1. The summed E-state index contributed by atoms with van der Waals surface area (Å²) in [7, 11) is 0. The molecule has 2 heterocycles. The number of furan rings is 1. The average molecular weight is 205 g/mol. The van der Waals surface area contributed by atoms with Crippen LogP contribution in [0.25, 0.3) is 11.1 Å². The number of rotatable bonds is 2. The number of hydrogen-bond acceptors (Lipinski definition) is 4. The second-order valence-electron chi connectivity index (χ2n) is 3.13. The highest BCUT2D eigenvalue weighted by Crippen LogP contribution is 2.23. The van der Waals surface area contributed by atoms with Crippen molar-refractivity contribution < 1.29 is 13.9 Å². The average Bonchev–Trinajstić information content (AvgIpc) is 2.57. The first-order chi connectivity index (χ1) is 7.24. The number of carbonyl (C=O) groups is 1. The van der Waals surface area contributed by atoms with Crippen LogP contribution in [0.4, 0.5) is 0 Å². The zero-order valence-corrected chi connectivity index (χ0v) is 8.61. The summed E-state index contributed by atoms with van der Waals surface area (Å²) in [5.41, 5.74) is 2.04. The van der Waals surface area contributed by atoms with Gasteiger partial charge in [-0.1, -0.05) is 0 Å². The molecule has 0 aromatic carbocycles. The molecule has 0 saturated heterocycles. The summed E-state index contributed by atoms with van der Waals surface area (Å²) in [5, 5.41) is 0. The predicted molar refractivity (Wildman–Crippen MR) is 54.7 cm³/mol. The second kappa shape index (κ2) is 3.73. The predicted octanol–water partition coefficient (Wildman–Crippen LogP) is 2.31. The highest BCUT2D eigenvalue weighted by Gasteiger charge is 2.18. The van der Waals surface area contributed by atoms with Crippen molar-refractivity contribution in [1.29, 1.82) is 0 Å². The van der Waals surface area contributed by atoms with E-state index in [1.54, 1.807) is 32.2 Å². The lowest BCUT2D eigenvalue weighted by molar-refractivity contribution is 0.0491. The molecule has 0 saturated carbocycles. The molecule has 0 N–H and O–H groups in total. The van der Waals surface area contributed by atoms with Gasteiger partial charge in [-0.25, -0.2) is 4.79 Å². The quantitative estimate of drug-likeness (QED) is 0.706. The van der Waals surface area contributed by atoms with Crippen molar-refractivity contribution in [2.75, 3.05) is 6.61 Å². The van der Waals surface area contributed by atoms with Gasteiger partial charge in [-0.2, -0.15) is 0 Å². The Labute approximate surface area is 86.9 Å². The van der Waals surface area contributed by atoms with Crippen LogP contribution in [0.5, 0.6) is 0 Å². The van der Waals surface area contributed by atoms with E-state index in [1.165, 1.54) is 0 Å². The minimum absolute atomic E-state index is 0.241. The van der Waals surface area contributed by atoms with Crippen LogP contribution < -0.4 is 0 Å². The third kappa shape index (κ3) is 1.58. The zero-order chi connectivity index (χ0) is 10.8. The number of aromatic nitrogens is 1. The Morgan fingerprint density at radius 2 is 2.40 bits per heavy atom. The van der Waals surface area contributed by atoms with Crippen LogP contribution in [-0.4, -0.2) is 17.6 Å². The molecule has 2 aromatic rings. The molecule has 0 unspecified atom stereocenters. The molecule has 78 valence electrons. The number of hydrogen-bond donors (Lipinski definition) is 0. The first-order valence-electron chi connectivity index (χ1n) is 4.75. The Morgan fingerprint density at radius 3 is 3.07 bits per heavy atom. The number of aryl methyl sites for hydroxylation is 1. The summed E-state index contributed by atoms with van der Waals surface area (Å²) in [5.74, 6) is -0.196. The van der Waals surface area contributed by atoms with E-state index < -0.39 is 5.97 Å². The molecule has 0 aliphatic carbocycles. The Morgan fingerprint density at radius 1 is 1.60 bits per heavy atom. The van der Waals surface area contributed by atoms with Crippen LogP contribution in [0.2, 0.25) is 0 Å². The monoisotopic (exact) mass is 205 g/mol. The zero-order valence-electron chi connectivity index (χ0n) is 8.61. The van der Waals surface area contributed by atoms with Crippen LogP contribution in [-0.2, 0) is 4.74 Å². The van der Waals surface area contributed by atoms with Crippen molar-refractivity contribution in [1.82, 2.24) is 4.98 Å². The van der Waals surface area contributed by atoms with Gasteiger partial charge in [-0.3, -0.25) is 4.98 Å². The largest absolute Gasteiger partial charge is 0.460 e. The van der Waals surface area contributed by atoms with E-state index in [0.29, 0.717) is 17.7 Å². The molecule has 0 spiro atoms. The standard InChI is InChI=1S/C11H11NO3/c1-3-14-11(13)10-7(2)9-8(15-10)5-4-6-12-9/h4-6H,3H2,1-2H3. The summed E-state index contributed by atoms with van der Waals surface area (Å²) in [6.45, 7) is 3.89. The summed E-state index contributed by atoms with van der Waals surface area (Å²) in [4.78, 5) is 15.6. The van der Waals surface area contributed by atoms with Crippen molar-refractivity contribution in [3.05, 3.63) is 29.7 Å². The van der Waals surface area contributed by atoms with E-state index in [-0.39, 0.29) is 5.76 Å². The smallest absolute Gasteiger partial charge is 0.374 e. The van der Waals surface area contributed by atoms with Gasteiger partial charge in [0.25, 0.3) is 0 Å². The Hall–Kier alpha value is -1.84. The van der Waals surface area contributed by atoms with E-state index in [4.69, 9.17) is 9.15 Å². The van der Waals surface area contributed by atoms with E-state index in [0.717, 1.165) is 5.56 Å². The Kier molecular flexibility index (Phi) is 2.41. The molecule has 0 aliphatic rings. The lowest BCUT2D eigenvalue weighted by Gasteiger charge is -1.97. The highest BCUT2D eigenvalue weighted by atomic mass is 16.5. The van der Waals surface area contributed by atoms with E-state index in [1.807, 2.05) is 0 Å². The molecule has 0 fully saturated rings. The van der Waals surface area contributed by atoms with Crippen LogP contribution >= 0.6 is 0 Å². The second-order valence-corrected chi connectivity index (χ2v) is 3.13. The van der Waals surface area contributed by atoms with Gasteiger partial charge in [0.2, 0.25) is 5.76 Å². The molecule has 15 heavy (non-hydrogen) atoms. The van der Waals surface area contributed by atoms with Gasteiger partial charge >= 0.3 is 5.97 Å². The third-order valence-corrected chi connectivity index (χ3v) is 2.14. The van der Waals surface area contributed by atoms with Crippen molar-refractivity contribution in [3.8, 4) is 0 Å². The summed E-state index contributed by atoms with van der Waals surface area (Å²) >= 11 is 0. The van der Waals surface area contributed by atoms with Gasteiger partial charge in [0.05, 0.1) is 6.61 Å². The molecule has 2 aromatic heterocycles. The topological polar surface area (TPSA) is 52.3 Å². The maximum absolute atomic E-state index is 11.5. The van der Waals surface area contributed by atoms with Crippen molar-refractivity contribution in [2.24, 2.45) is 0 Å². The van der Waals surface area contributed by atoms with Gasteiger partial charge in [-0.15, -0.1) is 0 Å². The van der Waals surface area contributed by atoms with E-state index in [9.17, 15) is 4.79 Å². The summed E-state index contributed by atoms with van der Waals surface area (Å²) in [6.07, 6.45) is 1.67. The Bertz CT molecular complexity index is 502. The fraction of sp³-hybridized carbons (Fsp3) is 0.273. The van der Waals surface area contributed by atoms with E-state index >= 15 is 0 Å². The highest BCUT2D eigenvalue weighted by molar-refractivity contribution is 5.94. The summed E-state index contributed by atoms with van der Waals surface area (Å²) in [6, 6.07) is 3.54. The van der Waals surface area contributed by atoms with Crippen LogP contribution in [0.1, 0.15) is 23.0 Å². The molecule has 4 nitrogen and oxygen atoms in total. The maximum Gasteiger partial charge on any atom is 0.374 e. The van der Waals surface area contributed by atoms with Gasteiger partial charge in [0, 0.05) is 11.8 Å². The fourth-order valence-corrected chi connectivity index (χ4v) is 1.44. The molecule has 0 radical (unpaired) electrons. The molecule has 0 bridgehead atoms. The molecule has 0 amide bonds. The lowest BCUT2D eigenvalue weighted by Crippen LogP contribution is -2.04. The number of fused-ring (bicyclic) bond motifs is 1. The first-order valence-corrected chi connectivity index (χ1v) is 4.75. The minimum Gasteiger partial charge on any atom is -0.460 e. The Balaban J connectivity index is 2.53.